The fourth-order valence-electron chi connectivity index (χ4n) is 2.52. The Balaban J connectivity index is 1.81. The molecular formula is C21H22N2O2S. The van der Waals surface area contributed by atoms with Crippen molar-refractivity contribution in [3.05, 3.63) is 64.1 Å². The number of carbonyl (C=O) groups excluding carboxylic acids is 2. The molecule has 2 aromatic rings. The SMILES string of the molecule is CCC(C)NC(=O)c1ccc2c(c1)NC(=O)C(=Cc1ccc(C)cc1)S2. The van der Waals surface area contributed by atoms with Crippen molar-refractivity contribution in [3.8, 4) is 0 Å². The van der Waals surface area contributed by atoms with Crippen molar-refractivity contribution in [2.75, 3.05) is 5.32 Å². The third kappa shape index (κ3) is 4.17. The number of aryl methyl sites for hydroxylation is 1. The quantitative estimate of drug-likeness (QED) is 0.777. The van der Waals surface area contributed by atoms with Crippen molar-refractivity contribution in [3.63, 3.8) is 0 Å². The number of nitrogens with one attached hydrogen (secondary N) is 2. The molecule has 0 fully saturated rings. The number of hydrogen-bond donors (Lipinski definition) is 2. The highest BCUT2D eigenvalue weighted by molar-refractivity contribution is 8.04. The second-order valence-corrected chi connectivity index (χ2v) is 7.55. The fraction of sp³-hybridized carbons (Fsp3) is 0.238. The Hall–Kier alpha value is -2.53. The second kappa shape index (κ2) is 7.79. The summed E-state index contributed by atoms with van der Waals surface area (Å²) < 4.78 is 0. The highest BCUT2D eigenvalue weighted by Crippen LogP contribution is 2.39. The van der Waals surface area contributed by atoms with Crippen LogP contribution in [0.1, 0.15) is 41.8 Å². The first-order valence-corrected chi connectivity index (χ1v) is 9.50. The van der Waals surface area contributed by atoms with E-state index >= 15 is 0 Å². The predicted octanol–water partition coefficient (Wildman–Crippen LogP) is 4.61. The normalized spacial score (nSPS) is 16.0. The average molecular weight is 366 g/mol. The van der Waals surface area contributed by atoms with E-state index in [1.807, 2.05) is 57.2 Å². The number of anilines is 1. The Bertz CT molecular complexity index is 872. The lowest BCUT2D eigenvalue weighted by atomic mass is 10.1. The second-order valence-electron chi connectivity index (χ2n) is 6.47. The van der Waals surface area contributed by atoms with Crippen LogP contribution in [0.15, 0.2) is 52.3 Å². The minimum atomic E-state index is -0.150. The van der Waals surface area contributed by atoms with E-state index in [1.165, 1.54) is 17.3 Å². The van der Waals surface area contributed by atoms with Crippen LogP contribution in [0.3, 0.4) is 0 Å². The molecule has 0 aliphatic carbocycles. The number of fused-ring (bicyclic) bond motifs is 1. The molecule has 4 nitrogen and oxygen atoms in total. The molecule has 1 heterocycles. The zero-order valence-corrected chi connectivity index (χ0v) is 15.9. The van der Waals surface area contributed by atoms with E-state index in [0.29, 0.717) is 16.2 Å². The van der Waals surface area contributed by atoms with Crippen molar-refractivity contribution in [1.82, 2.24) is 5.32 Å². The zero-order chi connectivity index (χ0) is 18.7. The molecule has 2 aromatic carbocycles. The Labute approximate surface area is 158 Å². The summed E-state index contributed by atoms with van der Waals surface area (Å²) in [4.78, 5) is 26.3. The van der Waals surface area contributed by atoms with Gasteiger partial charge in [0.2, 0.25) is 0 Å². The molecule has 1 aliphatic rings. The van der Waals surface area contributed by atoms with Crippen LogP contribution in [0.25, 0.3) is 6.08 Å². The van der Waals surface area contributed by atoms with Gasteiger partial charge in [-0.1, -0.05) is 48.5 Å². The molecule has 0 saturated heterocycles. The third-order valence-electron chi connectivity index (χ3n) is 4.30. The first-order chi connectivity index (χ1) is 12.5. The molecule has 2 N–H and O–H groups in total. The summed E-state index contributed by atoms with van der Waals surface area (Å²) in [7, 11) is 0. The van der Waals surface area contributed by atoms with E-state index < -0.39 is 0 Å². The summed E-state index contributed by atoms with van der Waals surface area (Å²) in [5, 5.41) is 5.84. The van der Waals surface area contributed by atoms with Crippen LogP contribution in [0, 0.1) is 6.92 Å². The third-order valence-corrected chi connectivity index (χ3v) is 5.40. The molecule has 1 atom stereocenters. The molecule has 0 radical (unpaired) electrons. The molecule has 1 aliphatic heterocycles. The van der Waals surface area contributed by atoms with Crippen molar-refractivity contribution in [2.24, 2.45) is 0 Å². The molecular weight excluding hydrogens is 344 g/mol. The topological polar surface area (TPSA) is 58.2 Å². The summed E-state index contributed by atoms with van der Waals surface area (Å²) in [6.45, 7) is 6.02. The lowest BCUT2D eigenvalue weighted by Crippen LogP contribution is -2.32. The van der Waals surface area contributed by atoms with E-state index in [4.69, 9.17) is 0 Å². The molecule has 2 amide bonds. The van der Waals surface area contributed by atoms with Crippen molar-refractivity contribution in [1.29, 1.82) is 0 Å². The number of benzene rings is 2. The first kappa shape index (κ1) is 18.3. The average Bonchev–Trinajstić information content (AvgIpc) is 2.63. The van der Waals surface area contributed by atoms with Gasteiger partial charge < -0.3 is 10.6 Å². The number of thioether (sulfide) groups is 1. The molecule has 1 unspecified atom stereocenters. The molecule has 0 saturated carbocycles. The zero-order valence-electron chi connectivity index (χ0n) is 15.1. The van der Waals surface area contributed by atoms with E-state index in [1.54, 1.807) is 12.1 Å². The molecule has 0 aromatic heterocycles. The Morgan fingerprint density at radius 1 is 1.23 bits per heavy atom. The van der Waals surface area contributed by atoms with Gasteiger partial charge in [0.15, 0.2) is 0 Å². The van der Waals surface area contributed by atoms with Gasteiger partial charge in [-0.05, 0) is 50.1 Å². The highest BCUT2D eigenvalue weighted by Gasteiger charge is 2.22. The minimum Gasteiger partial charge on any atom is -0.350 e. The summed E-state index contributed by atoms with van der Waals surface area (Å²) >= 11 is 1.42. The van der Waals surface area contributed by atoms with Crippen LogP contribution in [-0.2, 0) is 4.79 Å². The van der Waals surface area contributed by atoms with Gasteiger partial charge in [0, 0.05) is 16.5 Å². The van der Waals surface area contributed by atoms with Gasteiger partial charge in [-0.25, -0.2) is 0 Å². The lowest BCUT2D eigenvalue weighted by molar-refractivity contribution is -0.112. The van der Waals surface area contributed by atoms with Gasteiger partial charge >= 0.3 is 0 Å². The summed E-state index contributed by atoms with van der Waals surface area (Å²) in [5.41, 5.74) is 3.40. The Kier molecular flexibility index (Phi) is 5.47. The number of rotatable bonds is 4. The van der Waals surface area contributed by atoms with Gasteiger partial charge in [-0.15, -0.1) is 0 Å². The smallest absolute Gasteiger partial charge is 0.262 e. The molecule has 5 heteroatoms. The van der Waals surface area contributed by atoms with Crippen LogP contribution in [0.5, 0.6) is 0 Å². The highest BCUT2D eigenvalue weighted by atomic mass is 32.2. The summed E-state index contributed by atoms with van der Waals surface area (Å²) in [5.74, 6) is -0.273. The minimum absolute atomic E-state index is 0.117. The first-order valence-electron chi connectivity index (χ1n) is 8.68. The van der Waals surface area contributed by atoms with E-state index in [0.717, 1.165) is 16.9 Å². The molecule has 0 bridgehead atoms. The Morgan fingerprint density at radius 3 is 2.65 bits per heavy atom. The maximum absolute atomic E-state index is 12.4. The largest absolute Gasteiger partial charge is 0.350 e. The van der Waals surface area contributed by atoms with Crippen LogP contribution < -0.4 is 10.6 Å². The van der Waals surface area contributed by atoms with Crippen LogP contribution in [0.2, 0.25) is 0 Å². The van der Waals surface area contributed by atoms with Gasteiger partial charge in [0.05, 0.1) is 10.6 Å². The Morgan fingerprint density at radius 2 is 1.96 bits per heavy atom. The van der Waals surface area contributed by atoms with Crippen LogP contribution in [0.4, 0.5) is 5.69 Å². The van der Waals surface area contributed by atoms with Crippen molar-refractivity contribution in [2.45, 2.75) is 38.1 Å². The number of amides is 2. The van der Waals surface area contributed by atoms with Gasteiger partial charge in [-0.3, -0.25) is 9.59 Å². The van der Waals surface area contributed by atoms with E-state index in [2.05, 4.69) is 10.6 Å². The molecule has 3 rings (SSSR count). The maximum atomic E-state index is 12.4. The summed E-state index contributed by atoms with van der Waals surface area (Å²) in [6.07, 6.45) is 2.75. The van der Waals surface area contributed by atoms with E-state index in [9.17, 15) is 9.59 Å². The van der Waals surface area contributed by atoms with Crippen molar-refractivity contribution >= 4 is 35.3 Å². The fourth-order valence-corrected chi connectivity index (χ4v) is 3.46. The van der Waals surface area contributed by atoms with Crippen LogP contribution in [-0.4, -0.2) is 17.9 Å². The maximum Gasteiger partial charge on any atom is 0.262 e. The molecule has 0 spiro atoms. The monoisotopic (exact) mass is 366 g/mol. The summed E-state index contributed by atoms with van der Waals surface area (Å²) in [6, 6.07) is 13.6. The molecule has 26 heavy (non-hydrogen) atoms. The lowest BCUT2D eigenvalue weighted by Gasteiger charge is -2.20. The van der Waals surface area contributed by atoms with Gasteiger partial charge in [-0.2, -0.15) is 0 Å². The number of carbonyl (C=O) groups is 2. The van der Waals surface area contributed by atoms with Gasteiger partial charge in [0.1, 0.15) is 0 Å². The van der Waals surface area contributed by atoms with E-state index in [-0.39, 0.29) is 17.9 Å². The number of hydrogen-bond acceptors (Lipinski definition) is 3. The van der Waals surface area contributed by atoms with Gasteiger partial charge in [0.25, 0.3) is 11.8 Å². The molecule has 134 valence electrons. The standard InChI is InChI=1S/C21H22N2O2S/c1-4-14(3)22-20(24)16-9-10-18-17(12-16)23-21(25)19(26-18)11-15-7-5-13(2)6-8-15/h5-12,14H,4H2,1-3H3,(H,22,24)(H,23,25). The van der Waals surface area contributed by atoms with Crippen molar-refractivity contribution < 1.29 is 9.59 Å². The predicted molar refractivity (Wildman–Crippen MR) is 107 cm³/mol. The van der Waals surface area contributed by atoms with Crippen LogP contribution >= 0.6 is 11.8 Å².